The number of carboxylic acids is 1. The smallest absolute Gasteiger partial charge is 0.308 e. The molecule has 0 aromatic heterocycles. The van der Waals surface area contributed by atoms with Crippen LogP contribution in [0.1, 0.15) is 16.8 Å². The van der Waals surface area contributed by atoms with E-state index in [4.69, 9.17) is 5.11 Å². The Morgan fingerprint density at radius 2 is 1.94 bits per heavy atom. The summed E-state index contributed by atoms with van der Waals surface area (Å²) < 4.78 is 12.7. The number of nitrogens with zero attached hydrogens (tertiary/aromatic N) is 1. The molecular formula is C12H12FNO3. The maximum atomic E-state index is 12.7. The van der Waals surface area contributed by atoms with E-state index in [0.29, 0.717) is 18.5 Å². The molecule has 4 nitrogen and oxygen atoms in total. The number of hydrogen-bond acceptors (Lipinski definition) is 2. The number of amides is 1. The average Bonchev–Trinajstić information content (AvgIpc) is 2.78. The number of hydrogen-bond donors (Lipinski definition) is 1. The number of halogens is 1. The molecule has 0 saturated carbocycles. The fourth-order valence-corrected chi connectivity index (χ4v) is 1.92. The number of carbonyl (C=O) groups is 2. The number of rotatable bonds is 2. The molecule has 1 heterocycles. The van der Waals surface area contributed by atoms with Crippen LogP contribution in [-0.2, 0) is 4.79 Å². The van der Waals surface area contributed by atoms with E-state index in [1.807, 2.05) is 0 Å². The predicted octanol–water partition coefficient (Wildman–Crippen LogP) is 1.37. The highest BCUT2D eigenvalue weighted by Crippen LogP contribution is 2.19. The van der Waals surface area contributed by atoms with Gasteiger partial charge in [0, 0.05) is 18.7 Å². The molecule has 1 amide bonds. The first-order valence-corrected chi connectivity index (χ1v) is 5.35. The SMILES string of the molecule is O=C(O)C1CCN(C(=O)c2ccc(F)cc2)C1. The van der Waals surface area contributed by atoms with Crippen LogP contribution in [-0.4, -0.2) is 35.0 Å². The number of carboxylic acid groups (broad SMARTS) is 1. The van der Waals surface area contributed by atoms with E-state index in [1.165, 1.54) is 29.2 Å². The molecular weight excluding hydrogens is 225 g/mol. The molecule has 1 saturated heterocycles. The van der Waals surface area contributed by atoms with Gasteiger partial charge in [-0.15, -0.1) is 0 Å². The van der Waals surface area contributed by atoms with Crippen molar-refractivity contribution in [3.63, 3.8) is 0 Å². The third-order valence-corrected chi connectivity index (χ3v) is 2.92. The Morgan fingerprint density at radius 1 is 1.29 bits per heavy atom. The Kier molecular flexibility index (Phi) is 3.08. The second kappa shape index (κ2) is 4.53. The minimum absolute atomic E-state index is 0.228. The van der Waals surface area contributed by atoms with Gasteiger partial charge >= 0.3 is 5.97 Å². The number of carbonyl (C=O) groups excluding carboxylic acids is 1. The summed E-state index contributed by atoms with van der Waals surface area (Å²) in [5.41, 5.74) is 0.387. The summed E-state index contributed by atoms with van der Waals surface area (Å²) >= 11 is 0. The van der Waals surface area contributed by atoms with E-state index in [2.05, 4.69) is 0 Å². The lowest BCUT2D eigenvalue weighted by Gasteiger charge is -2.15. The molecule has 1 fully saturated rings. The molecule has 0 spiro atoms. The van der Waals surface area contributed by atoms with Crippen molar-refractivity contribution in [1.29, 1.82) is 0 Å². The fraction of sp³-hybridized carbons (Fsp3) is 0.333. The zero-order valence-corrected chi connectivity index (χ0v) is 9.10. The highest BCUT2D eigenvalue weighted by molar-refractivity contribution is 5.94. The van der Waals surface area contributed by atoms with Gasteiger partial charge in [-0.1, -0.05) is 0 Å². The van der Waals surface area contributed by atoms with Crippen molar-refractivity contribution in [3.8, 4) is 0 Å². The predicted molar refractivity (Wildman–Crippen MR) is 58.0 cm³/mol. The van der Waals surface area contributed by atoms with E-state index in [1.54, 1.807) is 0 Å². The van der Waals surface area contributed by atoms with Gasteiger partial charge in [-0.3, -0.25) is 9.59 Å². The topological polar surface area (TPSA) is 57.6 Å². The molecule has 1 unspecified atom stereocenters. The number of benzene rings is 1. The van der Waals surface area contributed by atoms with Crippen LogP contribution in [0.15, 0.2) is 24.3 Å². The van der Waals surface area contributed by atoms with Crippen molar-refractivity contribution in [1.82, 2.24) is 4.90 Å². The van der Waals surface area contributed by atoms with Gasteiger partial charge < -0.3 is 10.0 Å². The van der Waals surface area contributed by atoms with Crippen molar-refractivity contribution >= 4 is 11.9 Å². The molecule has 1 aliphatic heterocycles. The van der Waals surface area contributed by atoms with Crippen molar-refractivity contribution < 1.29 is 19.1 Å². The van der Waals surface area contributed by atoms with Crippen LogP contribution in [0.4, 0.5) is 4.39 Å². The lowest BCUT2D eigenvalue weighted by molar-refractivity contribution is -0.141. The maximum absolute atomic E-state index is 12.7. The van der Waals surface area contributed by atoms with Crippen LogP contribution < -0.4 is 0 Å². The average molecular weight is 237 g/mol. The van der Waals surface area contributed by atoms with Crippen LogP contribution >= 0.6 is 0 Å². The molecule has 17 heavy (non-hydrogen) atoms. The quantitative estimate of drug-likeness (QED) is 0.845. The van der Waals surface area contributed by atoms with Gasteiger partial charge in [0.25, 0.3) is 5.91 Å². The van der Waals surface area contributed by atoms with Crippen LogP contribution in [0.3, 0.4) is 0 Å². The van der Waals surface area contributed by atoms with Gasteiger partial charge in [0.2, 0.25) is 0 Å². The number of likely N-dealkylation sites (tertiary alicyclic amines) is 1. The second-order valence-corrected chi connectivity index (χ2v) is 4.08. The van der Waals surface area contributed by atoms with Gasteiger partial charge in [0.15, 0.2) is 0 Å². The summed E-state index contributed by atoms with van der Waals surface area (Å²) in [5, 5.41) is 8.83. The van der Waals surface area contributed by atoms with Crippen LogP contribution in [0.5, 0.6) is 0 Å². The van der Waals surface area contributed by atoms with E-state index in [-0.39, 0.29) is 12.5 Å². The summed E-state index contributed by atoms with van der Waals surface area (Å²) in [7, 11) is 0. The largest absolute Gasteiger partial charge is 0.481 e. The molecule has 1 aromatic rings. The molecule has 0 radical (unpaired) electrons. The van der Waals surface area contributed by atoms with Gasteiger partial charge in [0.05, 0.1) is 5.92 Å². The van der Waals surface area contributed by atoms with Crippen LogP contribution in [0, 0.1) is 11.7 Å². The van der Waals surface area contributed by atoms with Gasteiger partial charge in [0.1, 0.15) is 5.82 Å². The molecule has 90 valence electrons. The monoisotopic (exact) mass is 237 g/mol. The molecule has 5 heteroatoms. The molecule has 0 aliphatic carbocycles. The van der Waals surface area contributed by atoms with Gasteiger partial charge in [-0.2, -0.15) is 0 Å². The zero-order valence-electron chi connectivity index (χ0n) is 9.10. The molecule has 0 bridgehead atoms. The highest BCUT2D eigenvalue weighted by atomic mass is 19.1. The third kappa shape index (κ3) is 2.43. The summed E-state index contributed by atoms with van der Waals surface area (Å²) in [5.74, 6) is -2.00. The zero-order chi connectivity index (χ0) is 12.4. The van der Waals surface area contributed by atoms with E-state index in [9.17, 15) is 14.0 Å². The Labute approximate surface area is 97.7 Å². The summed E-state index contributed by atoms with van der Waals surface area (Å²) in [6, 6.07) is 5.26. The van der Waals surface area contributed by atoms with Gasteiger partial charge in [-0.05, 0) is 30.7 Å². The Morgan fingerprint density at radius 3 is 2.47 bits per heavy atom. The standard InChI is InChI=1S/C12H12FNO3/c13-10-3-1-8(2-4-10)11(15)14-6-5-9(7-14)12(16)17/h1-4,9H,5-7H2,(H,16,17). The van der Waals surface area contributed by atoms with E-state index >= 15 is 0 Å². The van der Waals surface area contributed by atoms with Crippen molar-refractivity contribution in [2.24, 2.45) is 5.92 Å². The van der Waals surface area contributed by atoms with Crippen molar-refractivity contribution in [2.75, 3.05) is 13.1 Å². The Balaban J connectivity index is 2.07. The summed E-state index contributed by atoms with van der Waals surface area (Å²) in [6.07, 6.45) is 0.474. The lowest BCUT2D eigenvalue weighted by atomic mass is 10.1. The van der Waals surface area contributed by atoms with Gasteiger partial charge in [-0.25, -0.2) is 4.39 Å². The summed E-state index contributed by atoms with van der Waals surface area (Å²) in [6.45, 7) is 0.665. The first-order chi connectivity index (χ1) is 8.08. The minimum atomic E-state index is -0.876. The molecule has 1 aromatic carbocycles. The van der Waals surface area contributed by atoms with Crippen LogP contribution in [0.2, 0.25) is 0 Å². The second-order valence-electron chi connectivity index (χ2n) is 4.08. The van der Waals surface area contributed by atoms with Crippen molar-refractivity contribution in [3.05, 3.63) is 35.6 Å². The molecule has 1 N–H and O–H groups in total. The maximum Gasteiger partial charge on any atom is 0.308 e. The Bertz CT molecular complexity index is 444. The molecule has 1 atom stereocenters. The minimum Gasteiger partial charge on any atom is -0.481 e. The molecule has 1 aliphatic rings. The summed E-state index contributed by atoms with van der Waals surface area (Å²) in [4.78, 5) is 24.2. The van der Waals surface area contributed by atoms with E-state index in [0.717, 1.165) is 0 Å². The first kappa shape index (κ1) is 11.6. The van der Waals surface area contributed by atoms with Crippen LogP contribution in [0.25, 0.3) is 0 Å². The normalized spacial score (nSPS) is 19.4. The highest BCUT2D eigenvalue weighted by Gasteiger charge is 2.31. The molecule has 2 rings (SSSR count). The lowest BCUT2D eigenvalue weighted by Crippen LogP contribution is -2.29. The first-order valence-electron chi connectivity index (χ1n) is 5.35. The third-order valence-electron chi connectivity index (χ3n) is 2.92. The van der Waals surface area contributed by atoms with Crippen molar-refractivity contribution in [2.45, 2.75) is 6.42 Å². The van der Waals surface area contributed by atoms with E-state index < -0.39 is 17.7 Å². The number of aliphatic carboxylic acids is 1. The fourth-order valence-electron chi connectivity index (χ4n) is 1.92. The Hall–Kier alpha value is -1.91.